The quantitative estimate of drug-likeness (QED) is 0.572. The Bertz CT molecular complexity index is 640. The van der Waals surface area contributed by atoms with Crippen LogP contribution >= 0.6 is 0 Å². The van der Waals surface area contributed by atoms with Gasteiger partial charge in [-0.1, -0.05) is 41.5 Å². The number of unbranched alkanes of at least 4 members (excludes halogenated alkanes) is 1. The number of carbonyl (C=O) groups is 1. The fourth-order valence-corrected chi connectivity index (χ4v) is 3.78. The molecule has 1 fully saturated rings. The van der Waals surface area contributed by atoms with E-state index in [1.165, 1.54) is 0 Å². The van der Waals surface area contributed by atoms with Gasteiger partial charge in [-0.3, -0.25) is 4.79 Å². The Morgan fingerprint density at radius 1 is 0.929 bits per heavy atom. The lowest BCUT2D eigenvalue weighted by Crippen LogP contribution is -2.44. The second-order valence-electron chi connectivity index (χ2n) is 10.4. The van der Waals surface area contributed by atoms with Gasteiger partial charge in [-0.05, 0) is 49.4 Å². The Morgan fingerprint density at radius 3 is 1.89 bits per heavy atom. The van der Waals surface area contributed by atoms with Crippen molar-refractivity contribution in [1.29, 1.82) is 0 Å². The minimum absolute atomic E-state index is 0.189. The summed E-state index contributed by atoms with van der Waals surface area (Å²) in [5.41, 5.74) is 2.05. The van der Waals surface area contributed by atoms with Crippen molar-refractivity contribution < 1.29 is 9.90 Å². The Morgan fingerprint density at radius 2 is 1.43 bits per heavy atom. The molecule has 2 rings (SSSR count). The summed E-state index contributed by atoms with van der Waals surface area (Å²) in [5, 5.41) is 10.8. The van der Waals surface area contributed by atoms with Gasteiger partial charge < -0.3 is 14.9 Å². The summed E-state index contributed by atoms with van der Waals surface area (Å²) in [6.45, 7) is 18.1. The predicted molar refractivity (Wildman–Crippen MR) is 118 cm³/mol. The molecular formula is C24H40N2O2. The maximum atomic E-state index is 12.9. The second-order valence-corrected chi connectivity index (χ2v) is 10.4. The summed E-state index contributed by atoms with van der Waals surface area (Å²) in [6.07, 6.45) is 2.55. The van der Waals surface area contributed by atoms with Crippen LogP contribution in [-0.4, -0.2) is 60.5 Å². The zero-order valence-corrected chi connectivity index (χ0v) is 19.1. The molecule has 28 heavy (non-hydrogen) atoms. The number of benzene rings is 1. The summed E-state index contributed by atoms with van der Waals surface area (Å²) in [4.78, 5) is 17.8. The van der Waals surface area contributed by atoms with Crippen LogP contribution in [0.15, 0.2) is 12.1 Å². The number of likely N-dealkylation sites (N-methyl/N-ethyl adjacent to an activating group) is 1. The van der Waals surface area contributed by atoms with Gasteiger partial charge in [0.2, 0.25) is 0 Å². The van der Waals surface area contributed by atoms with Crippen LogP contribution in [0.4, 0.5) is 0 Å². The molecule has 0 saturated carbocycles. The van der Waals surface area contributed by atoms with Gasteiger partial charge in [0.15, 0.2) is 5.78 Å². The molecule has 1 saturated heterocycles. The number of Topliss-reactive ketones (excluding diaryl/α,β-unsaturated/α-hetero) is 1. The van der Waals surface area contributed by atoms with Crippen LogP contribution < -0.4 is 0 Å². The van der Waals surface area contributed by atoms with E-state index in [1.807, 2.05) is 12.1 Å². The van der Waals surface area contributed by atoms with Crippen molar-refractivity contribution in [3.05, 3.63) is 28.8 Å². The highest BCUT2D eigenvalue weighted by atomic mass is 16.3. The molecule has 0 aromatic heterocycles. The lowest BCUT2D eigenvalue weighted by Gasteiger charge is -2.32. The van der Waals surface area contributed by atoms with E-state index in [9.17, 15) is 9.90 Å². The summed E-state index contributed by atoms with van der Waals surface area (Å²) >= 11 is 0. The highest BCUT2D eigenvalue weighted by molar-refractivity contribution is 5.96. The number of aromatic hydroxyl groups is 1. The number of carbonyl (C=O) groups excluding carboxylic acids is 1. The molecule has 0 spiro atoms. The van der Waals surface area contributed by atoms with Gasteiger partial charge in [-0.15, -0.1) is 0 Å². The zero-order valence-electron chi connectivity index (χ0n) is 19.1. The lowest BCUT2D eigenvalue weighted by molar-refractivity contribution is 0.0975. The number of rotatable bonds is 6. The first kappa shape index (κ1) is 22.9. The number of nitrogens with zero attached hydrogens (tertiary/aromatic N) is 2. The van der Waals surface area contributed by atoms with E-state index < -0.39 is 0 Å². The molecular weight excluding hydrogens is 348 g/mol. The average molecular weight is 389 g/mol. The van der Waals surface area contributed by atoms with Gasteiger partial charge in [0.1, 0.15) is 5.75 Å². The Kier molecular flexibility index (Phi) is 7.33. The fourth-order valence-electron chi connectivity index (χ4n) is 3.78. The molecule has 1 N–H and O–H groups in total. The van der Waals surface area contributed by atoms with E-state index in [0.29, 0.717) is 12.2 Å². The summed E-state index contributed by atoms with van der Waals surface area (Å²) in [5.74, 6) is 0.529. The molecule has 0 radical (unpaired) electrons. The molecule has 1 aliphatic heterocycles. The first-order chi connectivity index (χ1) is 12.9. The Hall–Kier alpha value is -1.39. The van der Waals surface area contributed by atoms with Crippen molar-refractivity contribution in [2.75, 3.05) is 39.8 Å². The van der Waals surface area contributed by atoms with Gasteiger partial charge >= 0.3 is 0 Å². The van der Waals surface area contributed by atoms with E-state index in [4.69, 9.17) is 0 Å². The summed E-state index contributed by atoms with van der Waals surface area (Å²) in [7, 11) is 2.17. The molecule has 0 atom stereocenters. The number of hydrogen-bond donors (Lipinski definition) is 1. The first-order valence-electron chi connectivity index (χ1n) is 10.7. The van der Waals surface area contributed by atoms with Crippen LogP contribution in [0.2, 0.25) is 0 Å². The minimum Gasteiger partial charge on any atom is -0.507 e. The molecule has 1 heterocycles. The van der Waals surface area contributed by atoms with Crippen molar-refractivity contribution >= 4 is 5.78 Å². The topological polar surface area (TPSA) is 43.8 Å². The molecule has 4 heteroatoms. The highest BCUT2D eigenvalue weighted by Gasteiger charge is 2.27. The van der Waals surface area contributed by atoms with Crippen LogP contribution in [0.3, 0.4) is 0 Å². The van der Waals surface area contributed by atoms with E-state index in [-0.39, 0.29) is 16.6 Å². The molecule has 0 unspecified atom stereocenters. The third-order valence-electron chi connectivity index (χ3n) is 5.77. The number of hydrogen-bond acceptors (Lipinski definition) is 4. The van der Waals surface area contributed by atoms with Crippen molar-refractivity contribution in [3.8, 4) is 5.75 Å². The molecule has 1 aliphatic rings. The largest absolute Gasteiger partial charge is 0.507 e. The van der Waals surface area contributed by atoms with Crippen molar-refractivity contribution in [1.82, 2.24) is 9.80 Å². The van der Waals surface area contributed by atoms with E-state index in [2.05, 4.69) is 58.4 Å². The fraction of sp³-hybridized carbons (Fsp3) is 0.708. The average Bonchev–Trinajstić information content (AvgIpc) is 2.58. The van der Waals surface area contributed by atoms with Crippen LogP contribution in [0.1, 0.15) is 82.3 Å². The van der Waals surface area contributed by atoms with E-state index >= 15 is 0 Å². The molecule has 4 nitrogen and oxygen atoms in total. The maximum Gasteiger partial charge on any atom is 0.162 e. The van der Waals surface area contributed by atoms with Gasteiger partial charge in [-0.2, -0.15) is 0 Å². The normalized spacial score (nSPS) is 17.1. The van der Waals surface area contributed by atoms with E-state index in [0.717, 1.165) is 62.3 Å². The molecule has 158 valence electrons. The molecule has 0 amide bonds. The Balaban J connectivity index is 2.04. The standard InChI is InChI=1S/C24H40N2O2/c1-23(2,3)19-16-18(17-20(22(19)28)24(4,5)6)21(27)10-8-9-11-26-14-12-25(7)13-15-26/h16-17,28H,8-15H2,1-7H3. The molecule has 1 aromatic carbocycles. The summed E-state index contributed by atoms with van der Waals surface area (Å²) in [6, 6.07) is 3.82. The first-order valence-corrected chi connectivity index (χ1v) is 10.7. The predicted octanol–water partition coefficient (Wildman–Crippen LogP) is 4.59. The van der Waals surface area contributed by atoms with Crippen LogP contribution in [0.5, 0.6) is 5.75 Å². The highest BCUT2D eigenvalue weighted by Crippen LogP contribution is 2.40. The van der Waals surface area contributed by atoms with Gasteiger partial charge in [0.25, 0.3) is 0 Å². The molecule has 0 aliphatic carbocycles. The van der Waals surface area contributed by atoms with Crippen molar-refractivity contribution in [3.63, 3.8) is 0 Å². The monoisotopic (exact) mass is 388 g/mol. The minimum atomic E-state index is -0.207. The van der Waals surface area contributed by atoms with Crippen LogP contribution in [-0.2, 0) is 10.8 Å². The Labute approximate surface area is 171 Å². The number of phenolic OH excluding ortho intramolecular Hbond substituents is 1. The zero-order chi connectivity index (χ0) is 21.1. The van der Waals surface area contributed by atoms with Gasteiger partial charge in [-0.25, -0.2) is 0 Å². The SMILES string of the molecule is CN1CCN(CCCCC(=O)c2cc(C(C)(C)C)c(O)c(C(C)(C)C)c2)CC1. The number of ketones is 1. The van der Waals surface area contributed by atoms with Crippen LogP contribution in [0.25, 0.3) is 0 Å². The van der Waals surface area contributed by atoms with Crippen LogP contribution in [0, 0.1) is 0 Å². The third kappa shape index (κ3) is 6.05. The van der Waals surface area contributed by atoms with E-state index in [1.54, 1.807) is 0 Å². The smallest absolute Gasteiger partial charge is 0.162 e. The lowest BCUT2D eigenvalue weighted by atomic mass is 9.78. The molecule has 1 aromatic rings. The molecule has 0 bridgehead atoms. The number of phenols is 1. The van der Waals surface area contributed by atoms with Crippen molar-refractivity contribution in [2.45, 2.75) is 71.6 Å². The second kappa shape index (κ2) is 8.96. The van der Waals surface area contributed by atoms with Gasteiger partial charge in [0, 0.05) is 49.3 Å². The summed E-state index contributed by atoms with van der Waals surface area (Å²) < 4.78 is 0. The third-order valence-corrected chi connectivity index (χ3v) is 5.77. The number of piperazine rings is 1. The maximum absolute atomic E-state index is 12.9. The van der Waals surface area contributed by atoms with Gasteiger partial charge in [0.05, 0.1) is 0 Å². The van der Waals surface area contributed by atoms with Crippen molar-refractivity contribution in [2.24, 2.45) is 0 Å².